The molecular weight excluding hydrogens is 1670 g/mol. The number of hydrogen-bond donors (Lipinski definition) is 9. The Labute approximate surface area is 790 Å². The predicted octanol–water partition coefficient (Wildman–Crippen LogP) is 15.0. The number of aliphatic hydroxyl groups is 1. The number of carbonyl (C=O) groups excluding carboxylic acids is 8. The average molecular weight is 1860 g/mol. The van der Waals surface area contributed by atoms with Gasteiger partial charge in [0, 0.05) is 184 Å². The molecule has 0 saturated carbocycles. The van der Waals surface area contributed by atoms with Gasteiger partial charge in [-0.1, -0.05) is 132 Å². The van der Waals surface area contributed by atoms with E-state index in [1.807, 2.05) is 61.7 Å². The first-order valence-corrected chi connectivity index (χ1v) is 51.4. The van der Waals surface area contributed by atoms with E-state index in [1.165, 1.54) is 25.7 Å². The first-order chi connectivity index (χ1) is 60.7. The van der Waals surface area contributed by atoms with Crippen molar-refractivity contribution >= 4 is 58.3 Å². The number of likely N-dealkylation sites (N-methyl/N-ethyl adjacent to an activating group) is 1. The van der Waals surface area contributed by atoms with Gasteiger partial charge in [-0.25, -0.2) is 51.5 Å². The molecule has 0 aromatic carbocycles. The lowest BCUT2D eigenvalue weighted by molar-refractivity contribution is 0.130. The number of rotatable bonds is 23. The van der Waals surface area contributed by atoms with Crippen LogP contribution in [0.2, 0.25) is 0 Å². The molecule has 10 N–H and O–H groups in total. The number of nitrogens with two attached hydrogens (primary N) is 1. The van der Waals surface area contributed by atoms with Gasteiger partial charge in [0.2, 0.25) is 10.0 Å². The number of urea groups is 8. The second-order valence-corrected chi connectivity index (χ2v) is 41.7. The summed E-state index contributed by atoms with van der Waals surface area (Å²) in [5.74, 6) is 12.1. The standard InChI is InChI=1S/C15H23N3O.C13H27N3O.C13H24N2O.C12H25N3O3S.2C12H24N2O2.C10H20N2O.C9H18N2O.2CH4/c1-12(2)13-6-9-18(10-7-13)15(19)17-11-14-5-3-4-8-16-14;1-11(2)12-5-8-16(9-6-12)13(17)14-7-10-15(3)4;1-11(2)12-5-9-15(10-6-12)13(16)14-7-3-4-8-14;1-10(2)11-4-8-15(9-5-11)12(16)13-6-7-14-19(3,17)18;1-10(2)11-4-7-14(8-5-11)12(15)13-6-9-16-3;1-10(2)11-4-7-14(8-5-11)12(16)13-6-3-9-15;1-8(2)9-4-6-12(7-5-9)10(13)11-3;1-7(2)8-3-5-11(6-4-8)9(10)12;;/h3-5,8,12-13H,6-7,9-11H2,1-2H3,(H,17,19);11-12H,5-10H2,1-4H3,(H,14,17);11-12H,3-10H2,1-2H3;10-11,14H,4-9H2,1-3H3,(H,13,16);10-11H,4-9H2,1-3H3,(H,13,15);10-11,15H,3-9H2,1-2H3,(H,13,16);8-9H,4-7H2,1-3H3,(H,11,13);7-8H,3-6H2,1-2H3,(H2,10,12);2*1H4. The first kappa shape index (κ1) is 121. The van der Waals surface area contributed by atoms with Crippen molar-refractivity contribution in [3.63, 3.8) is 0 Å². The number of hydrogen-bond acceptors (Lipinski definition) is 14. The van der Waals surface area contributed by atoms with Gasteiger partial charge in [-0.3, -0.25) is 4.98 Å². The van der Waals surface area contributed by atoms with E-state index in [-0.39, 0.29) is 70.2 Å². The van der Waals surface area contributed by atoms with Crippen molar-refractivity contribution < 1.29 is 56.6 Å². The second-order valence-electron chi connectivity index (χ2n) is 39.9. The van der Waals surface area contributed by atoms with E-state index in [2.05, 4.69) is 162 Å². The highest BCUT2D eigenvalue weighted by Gasteiger charge is 2.33. The van der Waals surface area contributed by atoms with Gasteiger partial charge in [-0.05, 0) is 243 Å². The van der Waals surface area contributed by atoms with Crippen molar-refractivity contribution in [3.05, 3.63) is 30.1 Å². The minimum atomic E-state index is -3.18. The molecule has 9 aliphatic heterocycles. The molecule has 9 fully saturated rings. The van der Waals surface area contributed by atoms with Crippen molar-refractivity contribution in [1.29, 1.82) is 0 Å². The number of amides is 16. The lowest BCUT2D eigenvalue weighted by Crippen LogP contribution is -2.46. The maximum absolute atomic E-state index is 12.1. The van der Waals surface area contributed by atoms with E-state index in [1.54, 1.807) is 30.2 Å². The number of primary amides is 1. The van der Waals surface area contributed by atoms with Gasteiger partial charge in [0.1, 0.15) is 0 Å². The molecule has 130 heavy (non-hydrogen) atoms. The highest BCUT2D eigenvalue weighted by molar-refractivity contribution is 7.88. The number of nitrogens with zero attached hydrogens (tertiary/aromatic N) is 11. The molecule has 32 heteroatoms. The Morgan fingerprint density at radius 3 is 0.954 bits per heavy atom. The first-order valence-electron chi connectivity index (χ1n) is 49.5. The number of sulfonamides is 1. The van der Waals surface area contributed by atoms with E-state index in [0.717, 1.165) is 316 Å². The van der Waals surface area contributed by atoms with Crippen LogP contribution in [-0.4, -0.2) is 321 Å². The highest BCUT2D eigenvalue weighted by Crippen LogP contribution is 2.32. The second kappa shape index (κ2) is 67.3. The van der Waals surface area contributed by atoms with Crippen LogP contribution in [0.25, 0.3) is 0 Å². The zero-order valence-electron chi connectivity index (χ0n) is 83.9. The molecule has 9 saturated heterocycles. The predicted molar refractivity (Wildman–Crippen MR) is 532 cm³/mol. The van der Waals surface area contributed by atoms with Crippen molar-refractivity contribution in [2.75, 3.05) is 205 Å². The molecule has 0 bridgehead atoms. The molecule has 0 atom stereocenters. The fraction of sp³-hybridized carbons (Fsp3) is 0.867. The summed E-state index contributed by atoms with van der Waals surface area (Å²) in [5.41, 5.74) is 6.07. The maximum atomic E-state index is 12.1. The molecule has 0 aliphatic carbocycles. The van der Waals surface area contributed by atoms with Crippen molar-refractivity contribution in [2.45, 2.75) is 254 Å². The Balaban J connectivity index is 0.000000744. The van der Waals surface area contributed by atoms with Crippen LogP contribution in [0.5, 0.6) is 0 Å². The highest BCUT2D eigenvalue weighted by atomic mass is 32.2. The molecule has 10 heterocycles. The van der Waals surface area contributed by atoms with Gasteiger partial charge in [-0.15, -0.1) is 0 Å². The minimum Gasteiger partial charge on any atom is -0.396 e. The van der Waals surface area contributed by atoms with Gasteiger partial charge in [0.15, 0.2) is 0 Å². The smallest absolute Gasteiger partial charge is 0.319 e. The van der Waals surface area contributed by atoms with E-state index >= 15 is 0 Å². The Morgan fingerprint density at radius 2 is 0.685 bits per heavy atom. The monoisotopic (exact) mass is 1860 g/mol. The fourth-order valence-corrected chi connectivity index (χ4v) is 18.5. The van der Waals surface area contributed by atoms with E-state index < -0.39 is 10.0 Å². The minimum absolute atomic E-state index is 0. The normalized spacial score (nSPS) is 18.4. The summed E-state index contributed by atoms with van der Waals surface area (Å²) in [5, 5.41) is 25.6. The van der Waals surface area contributed by atoms with Crippen LogP contribution in [0.3, 0.4) is 0 Å². The van der Waals surface area contributed by atoms with E-state index in [9.17, 15) is 46.8 Å². The molecule has 758 valence electrons. The van der Waals surface area contributed by atoms with Gasteiger partial charge in [0.05, 0.1) is 25.1 Å². The van der Waals surface area contributed by atoms with Crippen LogP contribution >= 0.6 is 0 Å². The number of aromatic nitrogens is 1. The SMILES string of the molecule is C.C.CC(C)C1CCN(C(=O)N2CCCC2)CC1.CC(C)C1CCN(C(=O)NCCCO)CC1.CC(C)C1CCN(C(=O)NCCN(C)C)CC1.CC(C)C1CCN(C(=O)NCCNS(C)(=O)=O)CC1.CC(C)C1CCN(C(=O)NCc2ccccn2)CC1.CC(C)C1CCN(C(N)=O)CC1.CNC(=O)N1CCC(C(C)C)CC1.COCCNC(=O)N1CCC(C(C)C)CC1. The lowest BCUT2D eigenvalue weighted by Gasteiger charge is -2.35. The Bertz CT molecular complexity index is 3230. The third-order valence-electron chi connectivity index (χ3n) is 27.7. The number of methoxy groups -OCH3 is 1. The Kier molecular flexibility index (Phi) is 62.7. The average Bonchev–Trinajstić information content (AvgIpc) is 1.61. The molecule has 0 radical (unpaired) electrons. The van der Waals surface area contributed by atoms with Crippen LogP contribution < -0.4 is 42.4 Å². The maximum Gasteiger partial charge on any atom is 0.319 e. The molecule has 1 aromatic heterocycles. The number of ether oxygens (including phenoxy) is 1. The summed E-state index contributed by atoms with van der Waals surface area (Å²) >= 11 is 0. The summed E-state index contributed by atoms with van der Waals surface area (Å²) in [6, 6.07) is 5.95. The van der Waals surface area contributed by atoms with Gasteiger partial charge < -0.3 is 96.5 Å². The summed E-state index contributed by atoms with van der Waals surface area (Å²) in [4.78, 5) is 117. The number of nitrogens with one attached hydrogen (secondary N) is 7. The van der Waals surface area contributed by atoms with Crippen LogP contribution in [0.4, 0.5) is 38.4 Å². The zero-order chi connectivity index (χ0) is 95.4. The Morgan fingerprint density at radius 1 is 0.408 bits per heavy atom. The summed E-state index contributed by atoms with van der Waals surface area (Å²) in [6.45, 7) is 56.8. The largest absolute Gasteiger partial charge is 0.396 e. The number of piperidine rings is 8. The van der Waals surface area contributed by atoms with Crippen molar-refractivity contribution in [3.8, 4) is 0 Å². The number of carbonyl (C=O) groups is 8. The van der Waals surface area contributed by atoms with Crippen LogP contribution in [0, 0.1) is 94.7 Å². The zero-order valence-corrected chi connectivity index (χ0v) is 84.7. The van der Waals surface area contributed by atoms with Crippen molar-refractivity contribution in [2.24, 2.45) is 100 Å². The third kappa shape index (κ3) is 49.9. The van der Waals surface area contributed by atoms with Crippen molar-refractivity contribution in [1.82, 2.24) is 90.6 Å². The van der Waals surface area contributed by atoms with E-state index in [4.69, 9.17) is 15.6 Å². The molecule has 10 rings (SSSR count). The molecule has 9 aliphatic rings. The molecule has 0 spiro atoms. The molecule has 1 aromatic rings. The fourth-order valence-electron chi connectivity index (χ4n) is 18.0. The topological polar surface area (TPSA) is 356 Å². The molecule has 0 unspecified atom stereocenters. The lowest BCUT2D eigenvalue weighted by atomic mass is 9.87. The van der Waals surface area contributed by atoms with Crippen LogP contribution in [0.15, 0.2) is 24.4 Å². The molecule has 16 amide bonds. The van der Waals surface area contributed by atoms with E-state index in [0.29, 0.717) is 57.1 Å². The quantitative estimate of drug-likeness (QED) is 0.0460. The number of aliphatic hydroxyl groups excluding tert-OH is 1. The van der Waals surface area contributed by atoms with Crippen LogP contribution in [0.1, 0.15) is 253 Å². The van der Waals surface area contributed by atoms with Gasteiger partial charge >= 0.3 is 48.2 Å². The number of pyridine rings is 1. The Hall–Kier alpha value is -6.90. The summed E-state index contributed by atoms with van der Waals surface area (Å²) < 4.78 is 28.9. The summed E-state index contributed by atoms with van der Waals surface area (Å²) in [6.07, 6.45) is 23.9. The number of likely N-dealkylation sites (tertiary alicyclic amines) is 9. The molecule has 31 nitrogen and oxygen atoms in total. The third-order valence-corrected chi connectivity index (χ3v) is 28.4. The van der Waals surface area contributed by atoms with Gasteiger partial charge in [-0.2, -0.15) is 0 Å². The van der Waals surface area contributed by atoms with Gasteiger partial charge in [0.25, 0.3) is 0 Å². The summed E-state index contributed by atoms with van der Waals surface area (Å²) in [7, 11) is 4.18. The van der Waals surface area contributed by atoms with Crippen LogP contribution in [-0.2, 0) is 21.3 Å². The molecular formula is C98H193N19O12S.